The van der Waals surface area contributed by atoms with E-state index < -0.39 is 0 Å². The molecule has 0 radical (unpaired) electrons. The van der Waals surface area contributed by atoms with E-state index in [1.807, 2.05) is 30.3 Å². The van der Waals surface area contributed by atoms with Gasteiger partial charge in [0.2, 0.25) is 0 Å². The van der Waals surface area contributed by atoms with E-state index in [1.54, 1.807) is 0 Å². The van der Waals surface area contributed by atoms with E-state index in [1.165, 1.54) is 16.8 Å². The van der Waals surface area contributed by atoms with E-state index in [0.29, 0.717) is 0 Å². The second-order valence-corrected chi connectivity index (χ2v) is 7.56. The van der Waals surface area contributed by atoms with Crippen LogP contribution in [-0.2, 0) is 6.54 Å². The Morgan fingerprint density at radius 3 is 2.26 bits per heavy atom. The van der Waals surface area contributed by atoms with E-state index in [4.69, 9.17) is 0 Å². The van der Waals surface area contributed by atoms with Crippen LogP contribution in [0.25, 0.3) is 12.2 Å². The molecule has 0 saturated heterocycles. The number of hydrogen-bond acceptors (Lipinski definition) is 2. The van der Waals surface area contributed by atoms with Crippen LogP contribution >= 0.6 is 11.8 Å². The highest BCUT2D eigenvalue weighted by atomic mass is 32.2. The van der Waals surface area contributed by atoms with Gasteiger partial charge in [-0.25, -0.2) is 4.57 Å². The van der Waals surface area contributed by atoms with Crippen LogP contribution in [0, 0.1) is 0 Å². The molecule has 0 aliphatic rings. The predicted octanol–water partition coefficient (Wildman–Crippen LogP) is 3.21. The zero-order valence-electron chi connectivity index (χ0n) is 16.6. The lowest BCUT2D eigenvalue weighted by Crippen LogP contribution is -2.72. The van der Waals surface area contributed by atoms with Gasteiger partial charge >= 0.3 is 0 Å². The monoisotopic (exact) mass is 381 g/mol. The third-order valence-corrected chi connectivity index (χ3v) is 4.95. The van der Waals surface area contributed by atoms with E-state index in [2.05, 4.69) is 103 Å². The third kappa shape index (κ3) is 8.29. The van der Waals surface area contributed by atoms with Crippen molar-refractivity contribution < 1.29 is 9.88 Å². The fourth-order valence-corrected chi connectivity index (χ4v) is 3.19. The lowest BCUT2D eigenvalue weighted by Gasteiger charge is -2.11. The SMILES string of the molecule is C[NH2+]/C=C\C=C/CSCC[n+]1ccc(/C=C/c2ccc(N(C)C)cc2)cc1. The second-order valence-electron chi connectivity index (χ2n) is 6.41. The largest absolute Gasteiger partial charge is 0.378 e. The van der Waals surface area contributed by atoms with Crippen molar-refractivity contribution in [1.82, 2.24) is 0 Å². The molecule has 0 unspecified atom stereocenters. The lowest BCUT2D eigenvalue weighted by atomic mass is 10.1. The maximum absolute atomic E-state index is 2.24. The van der Waals surface area contributed by atoms with Crippen LogP contribution < -0.4 is 14.8 Å². The number of quaternary nitrogens is 1. The molecule has 142 valence electrons. The first kappa shape index (κ1) is 21.0. The number of nitrogens with two attached hydrogens (primary N) is 1. The summed E-state index contributed by atoms with van der Waals surface area (Å²) < 4.78 is 2.24. The smallest absolute Gasteiger partial charge is 0.169 e. The van der Waals surface area contributed by atoms with Gasteiger partial charge < -0.3 is 10.2 Å². The molecule has 1 heterocycles. The van der Waals surface area contributed by atoms with Crippen LogP contribution in [0.1, 0.15) is 11.1 Å². The summed E-state index contributed by atoms with van der Waals surface area (Å²) in [6.07, 6.45) is 17.1. The molecule has 2 rings (SSSR count). The summed E-state index contributed by atoms with van der Waals surface area (Å²) in [5, 5.41) is 2.04. The first-order valence-electron chi connectivity index (χ1n) is 9.32. The van der Waals surface area contributed by atoms with Crippen LogP contribution in [0.15, 0.2) is 73.2 Å². The molecule has 0 spiro atoms. The minimum Gasteiger partial charge on any atom is -0.378 e. The highest BCUT2D eigenvalue weighted by molar-refractivity contribution is 7.99. The summed E-state index contributed by atoms with van der Waals surface area (Å²) in [6.45, 7) is 1.03. The van der Waals surface area contributed by atoms with Crippen molar-refractivity contribution in [2.24, 2.45) is 0 Å². The topological polar surface area (TPSA) is 23.7 Å². The van der Waals surface area contributed by atoms with Gasteiger partial charge in [0, 0.05) is 37.7 Å². The third-order valence-electron chi connectivity index (χ3n) is 4.05. The van der Waals surface area contributed by atoms with Crippen LogP contribution in [0.5, 0.6) is 0 Å². The van der Waals surface area contributed by atoms with Gasteiger partial charge in [-0.15, -0.1) is 0 Å². The Balaban J connectivity index is 1.76. The van der Waals surface area contributed by atoms with Gasteiger partial charge in [-0.05, 0) is 29.3 Å². The van der Waals surface area contributed by atoms with E-state index in [0.717, 1.165) is 18.1 Å². The number of aryl methyl sites for hydroxylation is 1. The molecule has 0 aliphatic heterocycles. The van der Waals surface area contributed by atoms with Crippen LogP contribution in [0.3, 0.4) is 0 Å². The fourth-order valence-electron chi connectivity index (χ4n) is 2.44. The predicted molar refractivity (Wildman–Crippen MR) is 120 cm³/mol. The average Bonchev–Trinajstić information content (AvgIpc) is 2.69. The molecule has 0 amide bonds. The summed E-state index contributed by atoms with van der Waals surface area (Å²) in [6, 6.07) is 12.9. The van der Waals surface area contributed by atoms with E-state index in [9.17, 15) is 0 Å². The summed E-state index contributed by atoms with van der Waals surface area (Å²) in [5.41, 5.74) is 3.66. The molecule has 0 saturated carbocycles. The summed E-state index contributed by atoms with van der Waals surface area (Å²) in [4.78, 5) is 2.11. The summed E-state index contributed by atoms with van der Waals surface area (Å²) >= 11 is 1.95. The summed E-state index contributed by atoms with van der Waals surface area (Å²) in [5.74, 6) is 2.17. The highest BCUT2D eigenvalue weighted by Crippen LogP contribution is 2.14. The fraction of sp³-hybridized carbons (Fsp3) is 0.261. The molecule has 4 heteroatoms. The standard InChI is InChI=1S/C23H30N3S/c1-24-15-5-4-6-19-27-20-18-26-16-13-22(14-17-26)8-7-21-9-11-23(12-10-21)25(2)3/h4-17,24H,18-20H2,1-3H3/q+1/p+1/b6-4-,15-5-. The molecule has 27 heavy (non-hydrogen) atoms. The van der Waals surface area contributed by atoms with Crippen LogP contribution in [0.2, 0.25) is 0 Å². The number of thioether (sulfide) groups is 1. The molecular formula is C23H31N3S+2. The van der Waals surface area contributed by atoms with Gasteiger partial charge in [0.1, 0.15) is 0 Å². The minimum absolute atomic E-state index is 1.03. The molecule has 1 aromatic carbocycles. The number of rotatable bonds is 10. The number of hydrogen-bond donors (Lipinski definition) is 1. The second kappa shape index (κ2) is 12.2. The van der Waals surface area contributed by atoms with Crippen molar-refractivity contribution in [3.63, 3.8) is 0 Å². The van der Waals surface area contributed by atoms with Crippen molar-refractivity contribution in [1.29, 1.82) is 0 Å². The Bertz CT molecular complexity index is 744. The average molecular weight is 382 g/mol. The first-order valence-corrected chi connectivity index (χ1v) is 10.5. The van der Waals surface area contributed by atoms with Gasteiger partial charge in [-0.2, -0.15) is 11.8 Å². The van der Waals surface area contributed by atoms with E-state index in [-0.39, 0.29) is 0 Å². The number of pyridine rings is 1. The lowest BCUT2D eigenvalue weighted by molar-refractivity contribution is -0.692. The van der Waals surface area contributed by atoms with Gasteiger partial charge in [0.15, 0.2) is 18.9 Å². The quantitative estimate of drug-likeness (QED) is 0.388. The molecule has 2 N–H and O–H groups in total. The molecule has 1 aromatic heterocycles. The van der Waals surface area contributed by atoms with Gasteiger partial charge in [0.05, 0.1) is 19.0 Å². The van der Waals surface area contributed by atoms with Gasteiger partial charge in [-0.3, -0.25) is 0 Å². The van der Waals surface area contributed by atoms with Crippen LogP contribution in [-0.4, -0.2) is 32.6 Å². The maximum Gasteiger partial charge on any atom is 0.169 e. The zero-order chi connectivity index (χ0) is 19.3. The number of aromatic nitrogens is 1. The van der Waals surface area contributed by atoms with Crippen molar-refractivity contribution in [2.75, 3.05) is 37.5 Å². The van der Waals surface area contributed by atoms with Crippen LogP contribution in [0.4, 0.5) is 5.69 Å². The Morgan fingerprint density at radius 1 is 0.963 bits per heavy atom. The molecule has 2 aromatic rings. The number of nitrogens with zero attached hydrogens (tertiary/aromatic N) is 2. The van der Waals surface area contributed by atoms with Crippen molar-refractivity contribution >= 4 is 29.6 Å². The minimum atomic E-state index is 1.03. The Labute approximate surface area is 168 Å². The number of benzene rings is 1. The Hall–Kier alpha value is -2.30. The molecule has 0 fully saturated rings. The van der Waals surface area contributed by atoms with Crippen molar-refractivity contribution in [2.45, 2.75) is 6.54 Å². The summed E-state index contributed by atoms with van der Waals surface area (Å²) in [7, 11) is 6.14. The highest BCUT2D eigenvalue weighted by Gasteiger charge is 1.99. The molecule has 0 bridgehead atoms. The van der Waals surface area contributed by atoms with Gasteiger partial charge in [0.25, 0.3) is 0 Å². The zero-order valence-corrected chi connectivity index (χ0v) is 17.4. The molecular weight excluding hydrogens is 350 g/mol. The number of allylic oxidation sites excluding steroid dienone is 2. The molecule has 0 atom stereocenters. The normalized spacial score (nSPS) is 11.8. The van der Waals surface area contributed by atoms with Gasteiger partial charge in [-0.1, -0.05) is 36.4 Å². The molecule has 3 nitrogen and oxygen atoms in total. The first-order chi connectivity index (χ1) is 13.2. The number of anilines is 1. The molecule has 0 aliphatic carbocycles. The Kier molecular flexibility index (Phi) is 9.45. The van der Waals surface area contributed by atoms with E-state index >= 15 is 0 Å². The maximum atomic E-state index is 2.24. The van der Waals surface area contributed by atoms with Crippen molar-refractivity contribution in [3.8, 4) is 0 Å². The van der Waals surface area contributed by atoms with Crippen molar-refractivity contribution in [3.05, 3.63) is 84.3 Å². The Morgan fingerprint density at radius 2 is 1.63 bits per heavy atom.